The monoisotopic (exact) mass is 592 g/mol. The number of fused-ring (bicyclic) bond motifs is 2. The predicted octanol–water partition coefficient (Wildman–Crippen LogP) is 6.61. The number of hydrogen-bond donors (Lipinski definition) is 2. The second kappa shape index (κ2) is 15.0. The maximum absolute atomic E-state index is 6.15. The molecule has 45 heavy (non-hydrogen) atoms. The second-order valence-corrected chi connectivity index (χ2v) is 11.4. The first-order chi connectivity index (χ1) is 22.1. The van der Waals surface area contributed by atoms with Crippen LogP contribution in [0.4, 0.5) is 11.4 Å². The first-order valence-electron chi connectivity index (χ1n) is 15.6. The maximum Gasteiger partial charge on any atom is 0.311 e. The fourth-order valence-corrected chi connectivity index (χ4v) is 5.57. The highest BCUT2D eigenvalue weighted by molar-refractivity contribution is 6.47. The van der Waals surface area contributed by atoms with Gasteiger partial charge in [-0.05, 0) is 47.9 Å². The van der Waals surface area contributed by atoms with Crippen LogP contribution in [0.5, 0.6) is 0 Å². The highest BCUT2D eigenvalue weighted by atomic mass is 16.5. The Kier molecular flexibility index (Phi) is 10.1. The van der Waals surface area contributed by atoms with Crippen LogP contribution in [0.3, 0.4) is 0 Å². The summed E-state index contributed by atoms with van der Waals surface area (Å²) in [6.45, 7) is 5.14. The molecule has 0 radical (unpaired) electrons. The molecule has 6 aromatic rings. The number of ether oxygens (including phenoxy) is 1. The summed E-state index contributed by atoms with van der Waals surface area (Å²) in [5.41, 5.74) is 6.63. The van der Waals surface area contributed by atoms with Crippen molar-refractivity contribution in [3.8, 4) is 0 Å². The molecule has 224 valence electrons. The van der Waals surface area contributed by atoms with Crippen molar-refractivity contribution in [2.75, 3.05) is 10.6 Å². The van der Waals surface area contributed by atoms with Gasteiger partial charge in [-0.2, -0.15) is 0 Å². The van der Waals surface area contributed by atoms with Crippen LogP contribution in [0.2, 0.25) is 0 Å². The molecule has 0 aliphatic carbocycles. The van der Waals surface area contributed by atoms with Gasteiger partial charge in [0.1, 0.15) is 12.5 Å². The van der Waals surface area contributed by atoms with Gasteiger partial charge < -0.3 is 24.7 Å². The van der Waals surface area contributed by atoms with Crippen LogP contribution in [0.25, 0.3) is 21.5 Å². The summed E-state index contributed by atoms with van der Waals surface area (Å²) in [4.78, 5) is 0. The van der Waals surface area contributed by atoms with E-state index in [1.807, 2.05) is 13.8 Å². The molecule has 0 bridgehead atoms. The average Bonchev–Trinajstić information content (AvgIpc) is 3.07. The summed E-state index contributed by atoms with van der Waals surface area (Å²) in [5.74, 6) is 0. The fourth-order valence-electron chi connectivity index (χ4n) is 5.57. The van der Waals surface area contributed by atoms with Crippen molar-refractivity contribution in [2.45, 2.75) is 39.5 Å². The van der Waals surface area contributed by atoms with Gasteiger partial charge in [0.15, 0.2) is 0 Å². The lowest BCUT2D eigenvalue weighted by Gasteiger charge is -2.18. The molecular weight excluding hydrogens is 554 g/mol. The first kappa shape index (κ1) is 30.5. The summed E-state index contributed by atoms with van der Waals surface area (Å²) in [7, 11) is 1.03. The molecule has 0 spiro atoms. The number of hydrogen-bond acceptors (Lipinski definition) is 5. The van der Waals surface area contributed by atoms with Gasteiger partial charge in [-0.1, -0.05) is 132 Å². The number of nitrogens with one attached hydrogen (secondary N) is 2. The topological polar surface area (TPSA) is 51.8 Å². The van der Waals surface area contributed by atoms with Gasteiger partial charge in [0.25, 0.3) is 0 Å². The number of rotatable bonds is 14. The first-order valence-corrected chi connectivity index (χ1v) is 15.6. The highest BCUT2D eigenvalue weighted by Gasteiger charge is 2.09. The molecule has 6 rings (SSSR count). The zero-order chi connectivity index (χ0) is 30.8. The standard InChI is InChI=1S/C38H38B2N2O3/c1-27(41-37-21-9-15-31-13-3-5-19-35(31)37)44-39-33-17-7-11-29(23-33)25-43-26-30-12-8-18-34(24-30)40-45-28(2)42-38-22-10-16-32-14-4-6-20-36(32)38/h3-24,27-28,39-42H,25-26H2,1-2H3. The molecule has 2 N–H and O–H groups in total. The summed E-state index contributed by atoms with van der Waals surface area (Å²) >= 11 is 0. The summed E-state index contributed by atoms with van der Waals surface area (Å²) in [6, 6.07) is 46.1. The normalized spacial score (nSPS) is 12.5. The van der Waals surface area contributed by atoms with E-state index < -0.39 is 0 Å². The van der Waals surface area contributed by atoms with Crippen molar-refractivity contribution in [3.63, 3.8) is 0 Å². The van der Waals surface area contributed by atoms with Crippen LogP contribution >= 0.6 is 0 Å². The van der Waals surface area contributed by atoms with E-state index in [2.05, 4.69) is 144 Å². The van der Waals surface area contributed by atoms with E-state index in [-0.39, 0.29) is 12.5 Å². The maximum atomic E-state index is 6.15. The molecule has 2 atom stereocenters. The third-order valence-corrected chi connectivity index (χ3v) is 7.82. The van der Waals surface area contributed by atoms with E-state index in [1.54, 1.807) is 0 Å². The van der Waals surface area contributed by atoms with Gasteiger partial charge in [0.2, 0.25) is 0 Å². The lowest BCUT2D eigenvalue weighted by Crippen LogP contribution is -2.27. The Morgan fingerprint density at radius 2 is 0.933 bits per heavy atom. The van der Waals surface area contributed by atoms with Gasteiger partial charge >= 0.3 is 15.0 Å². The van der Waals surface area contributed by atoms with Gasteiger partial charge in [0, 0.05) is 22.1 Å². The van der Waals surface area contributed by atoms with Crippen molar-refractivity contribution < 1.29 is 14.0 Å². The lowest BCUT2D eigenvalue weighted by molar-refractivity contribution is 0.107. The lowest BCUT2D eigenvalue weighted by atomic mass is 9.87. The molecule has 0 aliphatic heterocycles. The molecule has 0 heterocycles. The molecule has 2 unspecified atom stereocenters. The SMILES string of the molecule is CC(Nc1cccc2ccccc12)OBc1cccc(COCc2cccc(BOC(C)Nc3cccc4ccccc34)c2)c1. The van der Waals surface area contributed by atoms with Gasteiger partial charge in [-0.15, -0.1) is 0 Å². The molecular formula is C38H38B2N2O3. The summed E-state index contributed by atoms with van der Waals surface area (Å²) < 4.78 is 18.4. The van der Waals surface area contributed by atoms with Crippen LogP contribution < -0.4 is 21.6 Å². The highest BCUT2D eigenvalue weighted by Crippen LogP contribution is 2.24. The smallest absolute Gasteiger partial charge is 0.311 e. The Hall–Kier alpha value is -4.55. The van der Waals surface area contributed by atoms with Crippen LogP contribution in [0.15, 0.2) is 133 Å². The van der Waals surface area contributed by atoms with Gasteiger partial charge in [0.05, 0.1) is 13.2 Å². The van der Waals surface area contributed by atoms with E-state index in [9.17, 15) is 0 Å². The van der Waals surface area contributed by atoms with E-state index in [4.69, 9.17) is 14.0 Å². The van der Waals surface area contributed by atoms with Crippen molar-refractivity contribution in [1.29, 1.82) is 0 Å². The van der Waals surface area contributed by atoms with Crippen LogP contribution in [0.1, 0.15) is 25.0 Å². The Balaban J connectivity index is 0.953. The third kappa shape index (κ3) is 8.34. The Bertz CT molecular complexity index is 1720. The quantitative estimate of drug-likeness (QED) is 0.110. The average molecular weight is 592 g/mol. The molecule has 0 amide bonds. The molecule has 0 fully saturated rings. The third-order valence-electron chi connectivity index (χ3n) is 7.82. The van der Waals surface area contributed by atoms with E-state index in [1.165, 1.54) is 21.5 Å². The van der Waals surface area contributed by atoms with E-state index in [0.717, 1.165) is 33.4 Å². The Morgan fingerprint density at radius 3 is 1.42 bits per heavy atom. The Morgan fingerprint density at radius 1 is 0.511 bits per heavy atom. The minimum Gasteiger partial charge on any atom is -0.416 e. The minimum atomic E-state index is -0.135. The van der Waals surface area contributed by atoms with Crippen molar-refractivity contribution in [2.24, 2.45) is 0 Å². The van der Waals surface area contributed by atoms with Crippen LogP contribution in [0, 0.1) is 0 Å². The molecule has 0 saturated carbocycles. The van der Waals surface area contributed by atoms with E-state index >= 15 is 0 Å². The van der Waals surface area contributed by atoms with Gasteiger partial charge in [-0.3, -0.25) is 0 Å². The van der Waals surface area contributed by atoms with Crippen LogP contribution in [-0.4, -0.2) is 27.4 Å². The second-order valence-electron chi connectivity index (χ2n) is 11.4. The molecule has 0 aliphatic rings. The predicted molar refractivity (Wildman–Crippen MR) is 191 cm³/mol. The minimum absolute atomic E-state index is 0.135. The molecule has 6 aromatic carbocycles. The number of benzene rings is 6. The van der Waals surface area contributed by atoms with Crippen molar-refractivity contribution in [1.82, 2.24) is 0 Å². The fraction of sp³-hybridized carbons (Fsp3) is 0.158. The van der Waals surface area contributed by atoms with Crippen molar-refractivity contribution >= 4 is 58.8 Å². The van der Waals surface area contributed by atoms with E-state index in [0.29, 0.717) is 28.2 Å². The zero-order valence-corrected chi connectivity index (χ0v) is 25.9. The molecule has 5 nitrogen and oxygen atoms in total. The Labute approximate surface area is 267 Å². The number of anilines is 2. The van der Waals surface area contributed by atoms with Gasteiger partial charge in [-0.25, -0.2) is 0 Å². The molecule has 0 saturated heterocycles. The summed E-state index contributed by atoms with van der Waals surface area (Å²) in [5, 5.41) is 11.8. The largest absolute Gasteiger partial charge is 0.416 e. The van der Waals surface area contributed by atoms with Crippen molar-refractivity contribution in [3.05, 3.63) is 145 Å². The molecule has 7 heteroatoms. The van der Waals surface area contributed by atoms with Crippen LogP contribution in [-0.2, 0) is 27.3 Å². The zero-order valence-electron chi connectivity index (χ0n) is 25.9. The molecule has 0 aromatic heterocycles. The summed E-state index contributed by atoms with van der Waals surface area (Å²) in [6.07, 6.45) is -0.270.